The van der Waals surface area contributed by atoms with E-state index in [-0.39, 0.29) is 29.6 Å². The first-order valence-corrected chi connectivity index (χ1v) is 6.31. The van der Waals surface area contributed by atoms with E-state index in [0.29, 0.717) is 5.56 Å². The van der Waals surface area contributed by atoms with Crippen molar-refractivity contribution in [2.45, 2.75) is 6.42 Å². The zero-order valence-corrected chi connectivity index (χ0v) is 11.2. The molecule has 2 aromatic carbocycles. The molecule has 2 nitrogen and oxygen atoms in total. The van der Waals surface area contributed by atoms with Crippen molar-refractivity contribution in [3.8, 4) is 5.75 Å². The molecule has 0 radical (unpaired) electrons. The van der Waals surface area contributed by atoms with Crippen LogP contribution in [0.25, 0.3) is 0 Å². The Bertz CT molecular complexity index is 592. The number of halogens is 3. The molecular formula is C15H11ClF2O2. The lowest BCUT2D eigenvalue weighted by Gasteiger charge is -2.08. The van der Waals surface area contributed by atoms with Crippen LogP contribution in [0.3, 0.4) is 0 Å². The van der Waals surface area contributed by atoms with Crippen LogP contribution in [0, 0.1) is 11.6 Å². The fourth-order valence-electron chi connectivity index (χ4n) is 1.65. The van der Waals surface area contributed by atoms with E-state index in [4.69, 9.17) is 16.3 Å². The van der Waals surface area contributed by atoms with Gasteiger partial charge in [0.1, 0.15) is 5.82 Å². The van der Waals surface area contributed by atoms with E-state index in [2.05, 4.69) is 0 Å². The molecule has 5 heteroatoms. The van der Waals surface area contributed by atoms with Crippen molar-refractivity contribution in [2.24, 2.45) is 0 Å². The predicted octanol–water partition coefficient (Wildman–Crippen LogP) is 4.27. The molecule has 0 saturated carbocycles. The van der Waals surface area contributed by atoms with Crippen LogP contribution in [0.2, 0.25) is 5.02 Å². The van der Waals surface area contributed by atoms with Gasteiger partial charge in [-0.05, 0) is 36.4 Å². The minimum absolute atomic E-state index is 0.00311. The quantitative estimate of drug-likeness (QED) is 0.770. The monoisotopic (exact) mass is 296 g/mol. The third-order valence-electron chi connectivity index (χ3n) is 2.66. The van der Waals surface area contributed by atoms with Crippen LogP contribution in [-0.4, -0.2) is 12.4 Å². The van der Waals surface area contributed by atoms with E-state index in [1.165, 1.54) is 42.5 Å². The number of Topliss-reactive ketones (excluding diaryl/α,β-unsaturated/α-hetero) is 1. The first kappa shape index (κ1) is 14.5. The van der Waals surface area contributed by atoms with E-state index < -0.39 is 11.6 Å². The number of hydrogen-bond acceptors (Lipinski definition) is 2. The molecule has 0 unspecified atom stereocenters. The van der Waals surface area contributed by atoms with Crippen LogP contribution in [0.1, 0.15) is 16.8 Å². The lowest BCUT2D eigenvalue weighted by Crippen LogP contribution is -2.07. The lowest BCUT2D eigenvalue weighted by molar-refractivity contribution is 0.0961. The number of carbonyl (C=O) groups is 1. The summed E-state index contributed by atoms with van der Waals surface area (Å²) >= 11 is 5.79. The summed E-state index contributed by atoms with van der Waals surface area (Å²) in [5.74, 6) is -1.26. The number of rotatable bonds is 5. The van der Waals surface area contributed by atoms with Crippen molar-refractivity contribution in [1.29, 1.82) is 0 Å². The Labute approximate surface area is 119 Å². The van der Waals surface area contributed by atoms with Crippen LogP contribution >= 0.6 is 11.6 Å². The summed E-state index contributed by atoms with van der Waals surface area (Å²) in [6, 6.07) is 9.41. The Balaban J connectivity index is 1.93. The molecule has 0 aliphatic carbocycles. The van der Waals surface area contributed by atoms with Crippen LogP contribution < -0.4 is 4.74 Å². The van der Waals surface area contributed by atoms with Crippen molar-refractivity contribution in [3.63, 3.8) is 0 Å². The van der Waals surface area contributed by atoms with E-state index >= 15 is 0 Å². The molecule has 2 rings (SSSR count). The van der Waals surface area contributed by atoms with E-state index in [1.807, 2.05) is 0 Å². The van der Waals surface area contributed by atoms with Gasteiger partial charge in [0, 0.05) is 12.0 Å². The summed E-state index contributed by atoms with van der Waals surface area (Å²) in [5, 5.41) is 0.152. The Kier molecular flexibility index (Phi) is 4.69. The largest absolute Gasteiger partial charge is 0.488 e. The molecule has 0 fully saturated rings. The Morgan fingerprint density at radius 2 is 1.80 bits per heavy atom. The van der Waals surface area contributed by atoms with Gasteiger partial charge >= 0.3 is 0 Å². The maximum absolute atomic E-state index is 13.4. The van der Waals surface area contributed by atoms with Crippen molar-refractivity contribution >= 4 is 17.4 Å². The summed E-state index contributed by atoms with van der Waals surface area (Å²) in [4.78, 5) is 11.8. The van der Waals surface area contributed by atoms with Gasteiger partial charge in [-0.3, -0.25) is 4.79 Å². The Morgan fingerprint density at radius 1 is 1.10 bits per heavy atom. The lowest BCUT2D eigenvalue weighted by atomic mass is 10.1. The van der Waals surface area contributed by atoms with Crippen molar-refractivity contribution in [2.75, 3.05) is 6.61 Å². The molecule has 0 aromatic heterocycles. The number of ether oxygens (including phenoxy) is 1. The number of benzene rings is 2. The number of para-hydroxylation sites is 1. The Morgan fingerprint density at radius 3 is 2.45 bits per heavy atom. The fraction of sp³-hybridized carbons (Fsp3) is 0.133. The summed E-state index contributed by atoms with van der Waals surface area (Å²) < 4.78 is 31.3. The highest BCUT2D eigenvalue weighted by atomic mass is 35.5. The van der Waals surface area contributed by atoms with Crippen LogP contribution in [0.15, 0.2) is 42.5 Å². The number of carbonyl (C=O) groups excluding carboxylic acids is 1. The molecule has 0 atom stereocenters. The van der Waals surface area contributed by atoms with Crippen molar-refractivity contribution in [3.05, 3.63) is 64.7 Å². The Hall–Kier alpha value is -1.94. The second kappa shape index (κ2) is 6.48. The molecule has 0 saturated heterocycles. The van der Waals surface area contributed by atoms with E-state index in [1.54, 1.807) is 0 Å². The van der Waals surface area contributed by atoms with Gasteiger partial charge in [-0.15, -0.1) is 0 Å². The molecule has 0 aliphatic heterocycles. The standard InChI is InChI=1S/C15H11ClF2O2/c16-12-2-1-3-13(18)15(12)20-9-8-14(19)10-4-6-11(17)7-5-10/h1-7H,8-9H2. The van der Waals surface area contributed by atoms with Crippen LogP contribution in [0.4, 0.5) is 8.78 Å². The smallest absolute Gasteiger partial charge is 0.173 e. The molecule has 0 bridgehead atoms. The third kappa shape index (κ3) is 3.54. The van der Waals surface area contributed by atoms with Gasteiger partial charge in [0.25, 0.3) is 0 Å². The molecule has 0 spiro atoms. The molecule has 2 aromatic rings. The SMILES string of the molecule is O=C(CCOc1c(F)cccc1Cl)c1ccc(F)cc1. The average molecular weight is 297 g/mol. The average Bonchev–Trinajstić information content (AvgIpc) is 2.42. The van der Waals surface area contributed by atoms with Gasteiger partial charge in [-0.25, -0.2) is 8.78 Å². The zero-order chi connectivity index (χ0) is 14.5. The summed E-state index contributed by atoms with van der Waals surface area (Å²) in [5.41, 5.74) is 0.384. The molecule has 104 valence electrons. The summed E-state index contributed by atoms with van der Waals surface area (Å²) in [6.45, 7) is -0.00311. The highest BCUT2D eigenvalue weighted by molar-refractivity contribution is 6.32. The molecule has 0 N–H and O–H groups in total. The van der Waals surface area contributed by atoms with Gasteiger partial charge in [0.2, 0.25) is 0 Å². The maximum Gasteiger partial charge on any atom is 0.173 e. The normalized spacial score (nSPS) is 10.3. The number of hydrogen-bond donors (Lipinski definition) is 0. The highest BCUT2D eigenvalue weighted by Crippen LogP contribution is 2.27. The van der Waals surface area contributed by atoms with Crippen molar-refractivity contribution in [1.82, 2.24) is 0 Å². The van der Waals surface area contributed by atoms with Crippen LogP contribution in [-0.2, 0) is 0 Å². The minimum Gasteiger partial charge on any atom is -0.488 e. The third-order valence-corrected chi connectivity index (χ3v) is 2.96. The summed E-state index contributed by atoms with van der Waals surface area (Å²) in [6.07, 6.45) is 0.0519. The van der Waals surface area contributed by atoms with Gasteiger partial charge in [-0.2, -0.15) is 0 Å². The van der Waals surface area contributed by atoms with Crippen molar-refractivity contribution < 1.29 is 18.3 Å². The zero-order valence-electron chi connectivity index (χ0n) is 10.4. The topological polar surface area (TPSA) is 26.3 Å². The van der Waals surface area contributed by atoms with Gasteiger partial charge in [0.05, 0.1) is 11.6 Å². The first-order chi connectivity index (χ1) is 9.58. The van der Waals surface area contributed by atoms with Gasteiger partial charge in [-0.1, -0.05) is 17.7 Å². The summed E-state index contributed by atoms with van der Waals surface area (Å²) in [7, 11) is 0. The number of ketones is 1. The van der Waals surface area contributed by atoms with Gasteiger partial charge in [0.15, 0.2) is 17.3 Å². The second-order valence-corrected chi connectivity index (χ2v) is 4.49. The molecule has 0 aliphatic rings. The maximum atomic E-state index is 13.4. The molecular weight excluding hydrogens is 286 g/mol. The predicted molar refractivity (Wildman–Crippen MR) is 72.3 cm³/mol. The second-order valence-electron chi connectivity index (χ2n) is 4.08. The van der Waals surface area contributed by atoms with Gasteiger partial charge < -0.3 is 4.74 Å². The molecule has 0 amide bonds. The van der Waals surface area contributed by atoms with E-state index in [9.17, 15) is 13.6 Å². The molecule has 20 heavy (non-hydrogen) atoms. The minimum atomic E-state index is -0.577. The fourth-order valence-corrected chi connectivity index (χ4v) is 1.86. The molecule has 0 heterocycles. The van der Waals surface area contributed by atoms with E-state index in [0.717, 1.165) is 0 Å². The first-order valence-electron chi connectivity index (χ1n) is 5.93. The van der Waals surface area contributed by atoms with Crippen LogP contribution in [0.5, 0.6) is 5.75 Å². The highest BCUT2D eigenvalue weighted by Gasteiger charge is 2.10.